The van der Waals surface area contributed by atoms with Crippen LogP contribution < -0.4 is 22.2 Å². The predicted molar refractivity (Wildman–Crippen MR) is 93.7 cm³/mol. The van der Waals surface area contributed by atoms with E-state index in [9.17, 15) is 0 Å². The van der Waals surface area contributed by atoms with Crippen LogP contribution in [-0.2, 0) is 0 Å². The molecule has 1 aliphatic heterocycles. The van der Waals surface area contributed by atoms with Gasteiger partial charge in [0.05, 0.1) is 36.2 Å². The van der Waals surface area contributed by atoms with Crippen LogP contribution in [0.4, 0.5) is 11.5 Å². The number of halogens is 2. The summed E-state index contributed by atoms with van der Waals surface area (Å²) in [6, 6.07) is 10.5. The van der Waals surface area contributed by atoms with Gasteiger partial charge in [-0.05, 0) is 18.2 Å². The Labute approximate surface area is 153 Å². The molecule has 2 heterocycles. The molecular weight excluding hydrogens is 349 g/mol. The lowest BCUT2D eigenvalue weighted by molar-refractivity contribution is -0.861. The molecule has 0 saturated carbocycles. The standard InChI is InChI=1S/C17H20ClN3S.ClH/c1-12(10-20(2)3)11-21-14-6-4-5-7-15(14)22-16-8-13(18)9-19-17(16)21;/h4-9,12H,10-11H2,1-3H3;1H. The lowest BCUT2D eigenvalue weighted by Crippen LogP contribution is -3.06. The van der Waals surface area contributed by atoms with Crippen LogP contribution >= 0.6 is 23.4 Å². The van der Waals surface area contributed by atoms with Crippen molar-refractivity contribution < 1.29 is 17.3 Å². The normalized spacial score (nSPS) is 14.0. The third-order valence-corrected chi connectivity index (χ3v) is 4.97. The number of rotatable bonds is 4. The van der Waals surface area contributed by atoms with Gasteiger partial charge in [-0.15, -0.1) is 0 Å². The van der Waals surface area contributed by atoms with E-state index in [0.29, 0.717) is 10.9 Å². The molecule has 23 heavy (non-hydrogen) atoms. The summed E-state index contributed by atoms with van der Waals surface area (Å²) in [4.78, 5) is 10.8. The summed E-state index contributed by atoms with van der Waals surface area (Å²) >= 11 is 7.88. The maximum atomic E-state index is 6.13. The molecule has 3 nitrogen and oxygen atoms in total. The van der Waals surface area contributed by atoms with Gasteiger partial charge in [0.2, 0.25) is 0 Å². The maximum absolute atomic E-state index is 6.13. The number of aromatic nitrogens is 1. The van der Waals surface area contributed by atoms with Gasteiger partial charge in [0.15, 0.2) is 0 Å². The number of hydrogen-bond acceptors (Lipinski definition) is 3. The molecule has 1 atom stereocenters. The Morgan fingerprint density at radius 1 is 1.26 bits per heavy atom. The molecule has 124 valence electrons. The molecule has 0 bridgehead atoms. The van der Waals surface area contributed by atoms with Crippen molar-refractivity contribution in [2.75, 3.05) is 32.1 Å². The summed E-state index contributed by atoms with van der Waals surface area (Å²) in [6.45, 7) is 4.39. The first-order valence-electron chi connectivity index (χ1n) is 7.53. The van der Waals surface area contributed by atoms with Crippen LogP contribution in [0, 0.1) is 5.92 Å². The molecule has 0 aliphatic carbocycles. The molecule has 0 radical (unpaired) electrons. The Hall–Kier alpha value is -0.940. The zero-order valence-corrected chi connectivity index (χ0v) is 15.8. The van der Waals surface area contributed by atoms with E-state index in [-0.39, 0.29) is 12.4 Å². The number of nitrogens with one attached hydrogen (secondary N) is 1. The first-order valence-corrected chi connectivity index (χ1v) is 8.73. The van der Waals surface area contributed by atoms with Crippen LogP contribution in [0.1, 0.15) is 6.92 Å². The van der Waals surface area contributed by atoms with Crippen molar-refractivity contribution in [1.82, 2.24) is 4.98 Å². The van der Waals surface area contributed by atoms with Crippen LogP contribution in [-0.4, -0.2) is 32.2 Å². The van der Waals surface area contributed by atoms with E-state index >= 15 is 0 Å². The SMILES string of the molecule is CC(CN1c2ccccc2Sc2cc(Cl)cnc21)C[NH+](C)C.[Cl-]. The summed E-state index contributed by atoms with van der Waals surface area (Å²) in [6.07, 6.45) is 1.74. The van der Waals surface area contributed by atoms with E-state index in [1.54, 1.807) is 18.0 Å². The van der Waals surface area contributed by atoms with Crippen LogP contribution in [0.15, 0.2) is 46.3 Å². The third-order valence-electron chi connectivity index (χ3n) is 3.68. The van der Waals surface area contributed by atoms with Gasteiger partial charge < -0.3 is 22.2 Å². The zero-order valence-electron chi connectivity index (χ0n) is 13.5. The van der Waals surface area contributed by atoms with Gasteiger partial charge >= 0.3 is 0 Å². The molecule has 0 fully saturated rings. The Balaban J connectivity index is 0.00000192. The second-order valence-electron chi connectivity index (χ2n) is 6.17. The van der Waals surface area contributed by atoms with E-state index in [1.165, 1.54) is 15.5 Å². The van der Waals surface area contributed by atoms with Crippen LogP contribution in [0.25, 0.3) is 0 Å². The van der Waals surface area contributed by atoms with Crippen molar-refractivity contribution in [1.29, 1.82) is 0 Å². The Kier molecular flexibility index (Phi) is 6.20. The monoisotopic (exact) mass is 369 g/mol. The average molecular weight is 370 g/mol. The molecule has 0 spiro atoms. The predicted octanol–water partition coefficient (Wildman–Crippen LogP) is 0.122. The quantitative estimate of drug-likeness (QED) is 0.826. The third kappa shape index (κ3) is 4.13. The largest absolute Gasteiger partial charge is 1.00 e. The molecule has 2 aromatic rings. The molecule has 0 saturated heterocycles. The molecule has 1 unspecified atom stereocenters. The summed E-state index contributed by atoms with van der Waals surface area (Å²) in [5.41, 5.74) is 1.25. The fraction of sp³-hybridized carbons (Fsp3) is 0.353. The fourth-order valence-electron chi connectivity index (χ4n) is 2.95. The number of benzene rings is 1. The molecule has 3 rings (SSSR count). The average Bonchev–Trinajstić information content (AvgIpc) is 2.45. The highest BCUT2D eigenvalue weighted by atomic mass is 35.5. The number of pyridine rings is 1. The molecule has 1 aliphatic rings. The van der Waals surface area contributed by atoms with E-state index < -0.39 is 0 Å². The summed E-state index contributed by atoms with van der Waals surface area (Å²) < 4.78 is 0. The minimum absolute atomic E-state index is 0. The number of quaternary nitrogens is 1. The van der Waals surface area contributed by atoms with E-state index in [1.807, 2.05) is 6.07 Å². The first-order chi connectivity index (χ1) is 10.5. The van der Waals surface area contributed by atoms with Crippen molar-refractivity contribution in [3.63, 3.8) is 0 Å². The van der Waals surface area contributed by atoms with Gasteiger partial charge in [0.1, 0.15) is 5.82 Å². The van der Waals surface area contributed by atoms with Gasteiger partial charge in [-0.3, -0.25) is 0 Å². The zero-order chi connectivity index (χ0) is 15.7. The first kappa shape index (κ1) is 18.4. The van der Waals surface area contributed by atoms with E-state index in [0.717, 1.165) is 23.8 Å². The number of nitrogens with zero attached hydrogens (tertiary/aromatic N) is 2. The smallest absolute Gasteiger partial charge is 0.147 e. The number of hydrogen-bond donors (Lipinski definition) is 1. The lowest BCUT2D eigenvalue weighted by atomic mass is 10.1. The van der Waals surface area contributed by atoms with E-state index in [2.05, 4.69) is 55.2 Å². The Bertz CT molecular complexity index is 679. The fourth-order valence-corrected chi connectivity index (χ4v) is 4.28. The minimum Gasteiger partial charge on any atom is -1.00 e. The topological polar surface area (TPSA) is 20.6 Å². The summed E-state index contributed by atoms with van der Waals surface area (Å²) in [7, 11) is 4.39. The molecule has 1 N–H and O–H groups in total. The maximum Gasteiger partial charge on any atom is 0.147 e. The molecule has 6 heteroatoms. The summed E-state index contributed by atoms with van der Waals surface area (Å²) in [5, 5.41) is 0.691. The van der Waals surface area contributed by atoms with Crippen molar-refractivity contribution in [2.45, 2.75) is 16.7 Å². The lowest BCUT2D eigenvalue weighted by Gasteiger charge is -2.33. The Morgan fingerprint density at radius 3 is 2.74 bits per heavy atom. The van der Waals surface area contributed by atoms with Gasteiger partial charge in [0.25, 0.3) is 0 Å². The van der Waals surface area contributed by atoms with Gasteiger partial charge in [-0.1, -0.05) is 42.4 Å². The Morgan fingerprint density at radius 2 is 2.00 bits per heavy atom. The second kappa shape index (κ2) is 7.75. The number of para-hydroxylation sites is 1. The van der Waals surface area contributed by atoms with Gasteiger partial charge in [-0.2, -0.15) is 0 Å². The highest BCUT2D eigenvalue weighted by Gasteiger charge is 2.26. The van der Waals surface area contributed by atoms with Crippen molar-refractivity contribution in [2.24, 2.45) is 5.92 Å². The second-order valence-corrected chi connectivity index (χ2v) is 7.69. The van der Waals surface area contributed by atoms with Crippen molar-refractivity contribution >= 4 is 34.9 Å². The van der Waals surface area contributed by atoms with Gasteiger partial charge in [-0.25, -0.2) is 4.98 Å². The highest BCUT2D eigenvalue weighted by molar-refractivity contribution is 7.99. The van der Waals surface area contributed by atoms with Crippen LogP contribution in [0.2, 0.25) is 5.02 Å². The van der Waals surface area contributed by atoms with Gasteiger partial charge in [0, 0.05) is 23.6 Å². The summed E-state index contributed by atoms with van der Waals surface area (Å²) in [5.74, 6) is 1.60. The van der Waals surface area contributed by atoms with Crippen molar-refractivity contribution in [3.8, 4) is 0 Å². The van der Waals surface area contributed by atoms with Crippen molar-refractivity contribution in [3.05, 3.63) is 41.6 Å². The molecular formula is C17H21Cl2N3S. The van der Waals surface area contributed by atoms with Crippen LogP contribution in [0.3, 0.4) is 0 Å². The number of anilines is 2. The minimum atomic E-state index is 0. The molecule has 0 amide bonds. The molecule has 1 aromatic carbocycles. The van der Waals surface area contributed by atoms with Crippen LogP contribution in [0.5, 0.6) is 0 Å². The van der Waals surface area contributed by atoms with E-state index in [4.69, 9.17) is 11.6 Å². The number of fused-ring (bicyclic) bond motifs is 2. The highest BCUT2D eigenvalue weighted by Crippen LogP contribution is 2.47. The molecule has 1 aromatic heterocycles.